The van der Waals surface area contributed by atoms with E-state index in [0.29, 0.717) is 0 Å². The molecule has 0 aliphatic carbocycles. The first kappa shape index (κ1) is 37.5. The van der Waals surface area contributed by atoms with Crippen LogP contribution in [0.2, 0.25) is 0 Å². The van der Waals surface area contributed by atoms with Gasteiger partial charge in [-0.25, -0.2) is 74.6 Å². The average molecular weight is 731 g/mol. The zero-order chi connectivity index (χ0) is 36.9. The van der Waals surface area contributed by atoms with Gasteiger partial charge in [0.05, 0.1) is 0 Å². The normalized spacial score (nSPS) is 13.5. The number of halogens is 24. The van der Waals surface area contributed by atoms with E-state index in [1.54, 1.807) is 0 Å². The van der Waals surface area contributed by atoms with Gasteiger partial charge in [-0.05, 0) is 0 Å². The minimum atomic E-state index is -8.90. The minimum absolute atomic E-state index is 3.70. The van der Waals surface area contributed by atoms with E-state index in [0.717, 1.165) is 0 Å². The summed E-state index contributed by atoms with van der Waals surface area (Å²) in [4.78, 5) is 0. The summed E-state index contributed by atoms with van der Waals surface area (Å²) in [5.74, 6) is -87.6. The molecule has 47 heavy (non-hydrogen) atoms. The summed E-state index contributed by atoms with van der Waals surface area (Å²) in [5.41, 5.74) is -13.6. The molecular weight excluding hydrogens is 731 g/mol. The maximum absolute atomic E-state index is 16.1. The molecule has 3 aromatic rings. The van der Waals surface area contributed by atoms with Gasteiger partial charge < -0.3 is 0 Å². The molecule has 3 rings (SSSR count). The van der Waals surface area contributed by atoms with E-state index in [9.17, 15) is 70.2 Å². The summed E-state index contributed by atoms with van der Waals surface area (Å²) < 4.78 is 346. The number of benzene rings is 3. The Kier molecular flexibility index (Phi) is 8.82. The highest BCUT2D eigenvalue weighted by molar-refractivity contribution is 7.13. The molecule has 25 heteroatoms. The zero-order valence-corrected chi connectivity index (χ0v) is 20.6. The second-order valence-electron chi connectivity index (χ2n) is 9.09. The van der Waals surface area contributed by atoms with Crippen molar-refractivity contribution in [2.45, 2.75) is 23.8 Å². The second kappa shape index (κ2) is 11.1. The van der Waals surface area contributed by atoms with Gasteiger partial charge in [0.25, 0.3) is 0 Å². The second-order valence-corrected chi connectivity index (χ2v) is 9.09. The standard InChI is InChI=1S/C22BF24/c24-4-1(5(25)11(31)16(36)10(4)30)23(2-6(26)12(32)17(37)13(33)7(2)27,3-8(28)14(34)18(38)15(35)9(3)29)21(43,44)19(39,40)20(41,42)22(45,46)47/q-1. The summed E-state index contributed by atoms with van der Waals surface area (Å²) >= 11 is 0. The Morgan fingerprint density at radius 2 is 0.426 bits per heavy atom. The van der Waals surface area contributed by atoms with Crippen LogP contribution in [0.25, 0.3) is 0 Å². The molecule has 0 fully saturated rings. The summed E-state index contributed by atoms with van der Waals surface area (Å²) in [6.45, 7) is 0. The van der Waals surface area contributed by atoms with Gasteiger partial charge in [-0.15, -0.1) is 16.4 Å². The molecule has 0 unspecified atom stereocenters. The van der Waals surface area contributed by atoms with Gasteiger partial charge in [0.1, 0.15) is 34.9 Å². The SMILES string of the molecule is Fc1c(F)c(F)c([B-](c2c(F)c(F)c(F)c(F)c2F)(c2c(F)c(F)c(F)c(F)c2F)C(F)(F)C(F)(F)C(F)(F)C(F)(F)F)c(F)c1F. The lowest BCUT2D eigenvalue weighted by Crippen LogP contribution is -2.87. The Hall–Kier alpha value is -3.96. The van der Waals surface area contributed by atoms with E-state index >= 15 is 35.1 Å². The van der Waals surface area contributed by atoms with Gasteiger partial charge in [0.15, 0.2) is 58.5 Å². The zero-order valence-electron chi connectivity index (χ0n) is 20.6. The summed E-state index contributed by atoms with van der Waals surface area (Å²) in [7, 11) is 0. The van der Waals surface area contributed by atoms with Crippen LogP contribution < -0.4 is 16.4 Å². The predicted octanol–water partition coefficient (Wildman–Crippen LogP) is 7.25. The summed E-state index contributed by atoms with van der Waals surface area (Å²) in [5, 5.41) is 0. The van der Waals surface area contributed by atoms with E-state index < -0.39 is 134 Å². The van der Waals surface area contributed by atoms with Crippen LogP contribution in [-0.4, -0.2) is 30.0 Å². The van der Waals surface area contributed by atoms with Crippen molar-refractivity contribution >= 4 is 22.5 Å². The Morgan fingerprint density at radius 3 is 0.596 bits per heavy atom. The summed E-state index contributed by atoms with van der Waals surface area (Å²) in [6.07, 6.45) is -17.0. The molecule has 0 saturated heterocycles. The molecule has 0 N–H and O–H groups in total. The van der Waals surface area contributed by atoms with Crippen LogP contribution in [-0.2, 0) is 0 Å². The third kappa shape index (κ3) is 4.53. The van der Waals surface area contributed by atoms with E-state index in [2.05, 4.69) is 0 Å². The molecule has 0 radical (unpaired) electrons. The summed E-state index contributed by atoms with van der Waals surface area (Å²) in [6, 6.07) is 0. The molecule has 0 aliphatic rings. The van der Waals surface area contributed by atoms with Crippen molar-refractivity contribution in [2.75, 3.05) is 0 Å². The number of alkyl halides is 9. The number of hydrogen-bond donors (Lipinski definition) is 0. The topological polar surface area (TPSA) is 0 Å². The van der Waals surface area contributed by atoms with Crippen LogP contribution in [0.3, 0.4) is 0 Å². The monoisotopic (exact) mass is 731 g/mol. The van der Waals surface area contributed by atoms with Crippen LogP contribution >= 0.6 is 0 Å². The molecule has 0 aromatic heterocycles. The smallest absolute Gasteiger partial charge is 0.244 e. The first-order valence-electron chi connectivity index (χ1n) is 10.9. The quantitative estimate of drug-likeness (QED) is 0.109. The van der Waals surface area contributed by atoms with Crippen molar-refractivity contribution in [3.63, 3.8) is 0 Å². The molecule has 0 spiro atoms. The molecular formula is C22BF24-. The molecule has 0 aliphatic heterocycles. The molecule has 260 valence electrons. The maximum Gasteiger partial charge on any atom is 0.459 e. The van der Waals surface area contributed by atoms with Crippen LogP contribution in [0.4, 0.5) is 105 Å². The minimum Gasteiger partial charge on any atom is -0.244 e. The first-order valence-corrected chi connectivity index (χ1v) is 10.9. The maximum atomic E-state index is 16.1. The van der Waals surface area contributed by atoms with Crippen molar-refractivity contribution in [3.05, 3.63) is 87.3 Å². The molecule has 0 bridgehead atoms. The number of rotatable bonds is 6. The van der Waals surface area contributed by atoms with Crippen molar-refractivity contribution < 1.29 is 105 Å². The van der Waals surface area contributed by atoms with E-state index in [-0.39, 0.29) is 0 Å². The van der Waals surface area contributed by atoms with Gasteiger partial charge in [0.2, 0.25) is 5.82 Å². The van der Waals surface area contributed by atoms with Gasteiger partial charge in [-0.2, -0.15) is 30.7 Å². The third-order valence-electron chi connectivity index (χ3n) is 6.74. The highest BCUT2D eigenvalue weighted by atomic mass is 19.4. The highest BCUT2D eigenvalue weighted by Crippen LogP contribution is 2.56. The largest absolute Gasteiger partial charge is 0.459 e. The molecule has 3 aromatic carbocycles. The molecule has 0 heterocycles. The Morgan fingerprint density at radius 1 is 0.255 bits per heavy atom. The molecule has 0 amide bonds. The van der Waals surface area contributed by atoms with E-state index in [1.807, 2.05) is 0 Å². The van der Waals surface area contributed by atoms with Crippen LogP contribution in [0, 0.1) is 87.3 Å². The van der Waals surface area contributed by atoms with Gasteiger partial charge in [0, 0.05) is 0 Å². The Labute approximate surface area is 240 Å². The Balaban J connectivity index is 3.11. The predicted molar refractivity (Wildman–Crippen MR) is 104 cm³/mol. The molecule has 0 atom stereocenters. The average Bonchev–Trinajstić information content (AvgIpc) is 2.97. The molecule has 0 saturated carbocycles. The van der Waals surface area contributed by atoms with Crippen molar-refractivity contribution in [1.29, 1.82) is 0 Å². The fraction of sp³-hybridized carbons (Fsp3) is 0.182. The lowest BCUT2D eigenvalue weighted by atomic mass is 9.11. The van der Waals surface area contributed by atoms with E-state index in [1.165, 1.54) is 0 Å². The third-order valence-corrected chi connectivity index (χ3v) is 6.74. The fourth-order valence-electron chi connectivity index (χ4n) is 4.64. The number of hydrogen-bond acceptors (Lipinski definition) is 0. The van der Waals surface area contributed by atoms with Gasteiger partial charge >= 0.3 is 18.0 Å². The lowest BCUT2D eigenvalue weighted by Gasteiger charge is -2.52. The van der Waals surface area contributed by atoms with Gasteiger partial charge in [-0.3, -0.25) is 0 Å². The first-order chi connectivity index (χ1) is 21.0. The van der Waals surface area contributed by atoms with Crippen molar-refractivity contribution in [2.24, 2.45) is 0 Å². The van der Waals surface area contributed by atoms with E-state index in [4.69, 9.17) is 0 Å². The van der Waals surface area contributed by atoms with Crippen LogP contribution in [0.1, 0.15) is 0 Å². The lowest BCUT2D eigenvalue weighted by molar-refractivity contribution is -0.383. The fourth-order valence-corrected chi connectivity index (χ4v) is 4.64. The van der Waals surface area contributed by atoms with Crippen molar-refractivity contribution in [3.8, 4) is 0 Å². The van der Waals surface area contributed by atoms with Crippen LogP contribution in [0.15, 0.2) is 0 Å². The van der Waals surface area contributed by atoms with Gasteiger partial charge in [-0.1, -0.05) is 0 Å². The van der Waals surface area contributed by atoms with Crippen LogP contribution in [0.5, 0.6) is 0 Å². The molecule has 0 nitrogen and oxygen atoms in total. The highest BCUT2D eigenvalue weighted by Gasteiger charge is 2.84. The van der Waals surface area contributed by atoms with Crippen molar-refractivity contribution in [1.82, 2.24) is 0 Å². The Bertz CT molecular complexity index is 1550.